The summed E-state index contributed by atoms with van der Waals surface area (Å²) in [5.74, 6) is 5.97. The third-order valence-electron chi connectivity index (χ3n) is 2.93. The van der Waals surface area contributed by atoms with E-state index in [4.69, 9.17) is 10.6 Å². The molecule has 0 amide bonds. The van der Waals surface area contributed by atoms with Crippen LogP contribution in [0.25, 0.3) is 0 Å². The summed E-state index contributed by atoms with van der Waals surface area (Å²) in [6, 6.07) is 8.92. The zero-order valence-electron chi connectivity index (χ0n) is 10.6. The normalized spacial score (nSPS) is 12.2. The van der Waals surface area contributed by atoms with Gasteiger partial charge >= 0.3 is 0 Å². The number of ether oxygens (including phenoxy) is 1. The lowest BCUT2D eigenvalue weighted by Crippen LogP contribution is -2.29. The van der Waals surface area contributed by atoms with Crippen molar-refractivity contribution >= 4 is 0 Å². The molecule has 0 aliphatic carbocycles. The van der Waals surface area contributed by atoms with Crippen LogP contribution in [0.15, 0.2) is 42.7 Å². The molecule has 0 aliphatic heterocycles. The summed E-state index contributed by atoms with van der Waals surface area (Å²) in [4.78, 5) is 3.83. The highest BCUT2D eigenvalue weighted by molar-refractivity contribution is 5.29. The van der Waals surface area contributed by atoms with E-state index in [0.29, 0.717) is 6.42 Å². The molecule has 100 valence electrons. The molecule has 1 atom stereocenters. The van der Waals surface area contributed by atoms with Crippen LogP contribution in [0, 0.1) is 5.82 Å². The number of rotatable bonds is 5. The molecular weight excluding hydrogens is 245 g/mol. The molecule has 0 bridgehead atoms. The summed E-state index contributed by atoms with van der Waals surface area (Å²) in [7, 11) is 1.62. The molecule has 5 heteroatoms. The van der Waals surface area contributed by atoms with E-state index in [1.54, 1.807) is 13.3 Å². The standard InChI is InChI=1S/C14H16FN3O/c1-19-13-4-2-10(3-5-13)6-14(18-16)11-7-12(15)9-17-8-11/h2-5,7-9,14,18H,6,16H2,1H3. The maximum atomic E-state index is 13.2. The van der Waals surface area contributed by atoms with E-state index < -0.39 is 0 Å². The molecule has 1 heterocycles. The van der Waals surface area contributed by atoms with Gasteiger partial charge in [-0.15, -0.1) is 0 Å². The van der Waals surface area contributed by atoms with Gasteiger partial charge in [-0.3, -0.25) is 16.3 Å². The fraction of sp³-hybridized carbons (Fsp3) is 0.214. The van der Waals surface area contributed by atoms with Gasteiger partial charge in [0.25, 0.3) is 0 Å². The Hall–Kier alpha value is -1.98. The van der Waals surface area contributed by atoms with Crippen LogP contribution in [0.2, 0.25) is 0 Å². The Bertz CT molecular complexity index is 530. The van der Waals surface area contributed by atoms with Gasteiger partial charge in [0.05, 0.1) is 19.3 Å². The summed E-state index contributed by atoms with van der Waals surface area (Å²) >= 11 is 0. The van der Waals surface area contributed by atoms with Gasteiger partial charge in [0.15, 0.2) is 0 Å². The first-order valence-corrected chi connectivity index (χ1v) is 5.92. The number of hydrazine groups is 1. The number of aromatic nitrogens is 1. The van der Waals surface area contributed by atoms with Crippen LogP contribution in [0.3, 0.4) is 0 Å². The number of methoxy groups -OCH3 is 1. The summed E-state index contributed by atoms with van der Waals surface area (Å²) in [5.41, 5.74) is 4.48. The van der Waals surface area contributed by atoms with Crippen LogP contribution in [0.1, 0.15) is 17.2 Å². The van der Waals surface area contributed by atoms with Crippen molar-refractivity contribution in [2.45, 2.75) is 12.5 Å². The molecule has 0 spiro atoms. The minimum Gasteiger partial charge on any atom is -0.497 e. The highest BCUT2D eigenvalue weighted by atomic mass is 19.1. The van der Waals surface area contributed by atoms with Gasteiger partial charge in [0, 0.05) is 6.20 Å². The molecule has 1 unspecified atom stereocenters. The SMILES string of the molecule is COc1ccc(CC(NN)c2cncc(F)c2)cc1. The maximum absolute atomic E-state index is 13.2. The fourth-order valence-corrected chi connectivity index (χ4v) is 1.89. The molecule has 0 saturated heterocycles. The Morgan fingerprint density at radius 3 is 2.63 bits per heavy atom. The van der Waals surface area contributed by atoms with E-state index >= 15 is 0 Å². The smallest absolute Gasteiger partial charge is 0.141 e. The maximum Gasteiger partial charge on any atom is 0.141 e. The van der Waals surface area contributed by atoms with Crippen LogP contribution < -0.4 is 16.0 Å². The van der Waals surface area contributed by atoms with Crippen LogP contribution in [0.4, 0.5) is 4.39 Å². The zero-order valence-corrected chi connectivity index (χ0v) is 10.6. The van der Waals surface area contributed by atoms with Crippen molar-refractivity contribution in [3.8, 4) is 5.75 Å². The molecule has 0 fully saturated rings. The minimum atomic E-state index is -0.368. The third-order valence-corrected chi connectivity index (χ3v) is 2.93. The highest BCUT2D eigenvalue weighted by Crippen LogP contribution is 2.19. The van der Waals surface area contributed by atoms with Crippen molar-refractivity contribution in [3.63, 3.8) is 0 Å². The molecular formula is C14H16FN3O. The Morgan fingerprint density at radius 1 is 1.32 bits per heavy atom. The van der Waals surface area contributed by atoms with Crippen LogP contribution in [0.5, 0.6) is 5.75 Å². The van der Waals surface area contributed by atoms with E-state index in [2.05, 4.69) is 10.4 Å². The van der Waals surface area contributed by atoms with Crippen LogP contribution >= 0.6 is 0 Å². The predicted molar refractivity (Wildman–Crippen MR) is 71.0 cm³/mol. The first-order valence-electron chi connectivity index (χ1n) is 5.92. The largest absolute Gasteiger partial charge is 0.497 e. The topological polar surface area (TPSA) is 60.2 Å². The van der Waals surface area contributed by atoms with E-state index in [-0.39, 0.29) is 11.9 Å². The summed E-state index contributed by atoms with van der Waals surface area (Å²) in [6.07, 6.45) is 3.42. The van der Waals surface area contributed by atoms with Gasteiger partial charge < -0.3 is 4.74 Å². The molecule has 2 aromatic rings. The second kappa shape index (κ2) is 6.26. The van der Waals surface area contributed by atoms with Crippen molar-refractivity contribution in [2.75, 3.05) is 7.11 Å². The zero-order chi connectivity index (χ0) is 13.7. The van der Waals surface area contributed by atoms with Crippen molar-refractivity contribution in [3.05, 3.63) is 59.7 Å². The molecule has 0 radical (unpaired) electrons. The van der Waals surface area contributed by atoms with E-state index in [1.807, 2.05) is 24.3 Å². The third kappa shape index (κ3) is 3.49. The van der Waals surface area contributed by atoms with E-state index in [9.17, 15) is 4.39 Å². The van der Waals surface area contributed by atoms with Crippen molar-refractivity contribution in [1.29, 1.82) is 0 Å². The number of nitrogens with two attached hydrogens (primary N) is 1. The van der Waals surface area contributed by atoms with Gasteiger partial charge in [0.1, 0.15) is 11.6 Å². The van der Waals surface area contributed by atoms with Crippen LogP contribution in [-0.4, -0.2) is 12.1 Å². The lowest BCUT2D eigenvalue weighted by molar-refractivity contribution is 0.414. The number of halogens is 1. The lowest BCUT2D eigenvalue weighted by Gasteiger charge is -2.16. The van der Waals surface area contributed by atoms with Crippen molar-refractivity contribution in [1.82, 2.24) is 10.4 Å². The quantitative estimate of drug-likeness (QED) is 0.638. The van der Waals surface area contributed by atoms with Crippen LogP contribution in [-0.2, 0) is 6.42 Å². The number of hydrogen-bond acceptors (Lipinski definition) is 4. The molecule has 2 rings (SSSR count). The Kier molecular flexibility index (Phi) is 4.43. The number of pyridine rings is 1. The molecule has 4 nitrogen and oxygen atoms in total. The fourth-order valence-electron chi connectivity index (χ4n) is 1.89. The minimum absolute atomic E-state index is 0.184. The first-order chi connectivity index (χ1) is 9.22. The van der Waals surface area contributed by atoms with E-state index in [1.165, 1.54) is 12.3 Å². The Morgan fingerprint density at radius 2 is 2.05 bits per heavy atom. The number of benzene rings is 1. The summed E-state index contributed by atoms with van der Waals surface area (Å²) in [6.45, 7) is 0. The summed E-state index contributed by atoms with van der Waals surface area (Å²) < 4.78 is 18.3. The van der Waals surface area contributed by atoms with Gasteiger partial charge in [-0.2, -0.15) is 0 Å². The monoisotopic (exact) mass is 261 g/mol. The first kappa shape index (κ1) is 13.5. The average Bonchev–Trinajstić information content (AvgIpc) is 2.45. The number of nitrogens with one attached hydrogen (secondary N) is 1. The number of nitrogens with zero attached hydrogens (tertiary/aromatic N) is 1. The average molecular weight is 261 g/mol. The predicted octanol–water partition coefficient (Wildman–Crippen LogP) is 1.98. The molecule has 0 aliphatic rings. The van der Waals surface area contributed by atoms with Gasteiger partial charge in [-0.25, -0.2) is 4.39 Å². The van der Waals surface area contributed by atoms with Gasteiger partial charge in [-0.1, -0.05) is 12.1 Å². The number of hydrogen-bond donors (Lipinski definition) is 2. The highest BCUT2D eigenvalue weighted by Gasteiger charge is 2.11. The van der Waals surface area contributed by atoms with Gasteiger partial charge in [0.2, 0.25) is 0 Å². The molecule has 0 saturated carbocycles. The lowest BCUT2D eigenvalue weighted by atomic mass is 10.0. The van der Waals surface area contributed by atoms with Crippen molar-refractivity contribution < 1.29 is 9.13 Å². The second-order valence-corrected chi connectivity index (χ2v) is 4.21. The molecule has 1 aromatic heterocycles. The summed E-state index contributed by atoms with van der Waals surface area (Å²) in [5, 5.41) is 0. The van der Waals surface area contributed by atoms with E-state index in [0.717, 1.165) is 16.9 Å². The molecule has 19 heavy (non-hydrogen) atoms. The molecule has 3 N–H and O–H groups in total. The molecule has 1 aromatic carbocycles. The Balaban J connectivity index is 2.14. The Labute approximate surface area is 111 Å². The van der Waals surface area contributed by atoms with Gasteiger partial charge in [-0.05, 0) is 35.7 Å². The second-order valence-electron chi connectivity index (χ2n) is 4.21. The van der Waals surface area contributed by atoms with Crippen molar-refractivity contribution in [2.24, 2.45) is 5.84 Å².